The highest BCUT2D eigenvalue weighted by Gasteiger charge is 2.23. The number of benzene rings is 1. The van der Waals surface area contributed by atoms with Gasteiger partial charge in [0, 0.05) is 55.4 Å². The lowest BCUT2D eigenvalue weighted by Crippen LogP contribution is -2.49. The Morgan fingerprint density at radius 1 is 0.944 bits per heavy atom. The second kappa shape index (κ2) is 13.1. The summed E-state index contributed by atoms with van der Waals surface area (Å²) in [5.74, 6) is 1.42. The summed E-state index contributed by atoms with van der Waals surface area (Å²) in [6.07, 6.45) is 13.0. The van der Waals surface area contributed by atoms with Crippen LogP contribution in [-0.4, -0.2) is 56.9 Å². The molecule has 4 rings (SSSR count). The second-order valence-electron chi connectivity index (χ2n) is 8.07. The number of piperazine rings is 1. The van der Waals surface area contributed by atoms with Gasteiger partial charge in [0.05, 0.1) is 5.69 Å². The van der Waals surface area contributed by atoms with Crippen molar-refractivity contribution in [3.05, 3.63) is 77.5 Å². The van der Waals surface area contributed by atoms with Crippen molar-refractivity contribution in [1.82, 2.24) is 24.8 Å². The molecule has 8 heteroatoms. The molecule has 188 valence electrons. The molecule has 3 aromatic rings. The van der Waals surface area contributed by atoms with Crippen LogP contribution in [0.2, 0.25) is 0 Å². The van der Waals surface area contributed by atoms with Crippen molar-refractivity contribution in [1.29, 1.82) is 0 Å². The summed E-state index contributed by atoms with van der Waals surface area (Å²) in [4.78, 5) is 34.8. The van der Waals surface area contributed by atoms with Crippen LogP contribution >= 0.6 is 0 Å². The van der Waals surface area contributed by atoms with Gasteiger partial charge in [0.1, 0.15) is 12.1 Å². The van der Waals surface area contributed by atoms with Gasteiger partial charge in [0.15, 0.2) is 0 Å². The minimum absolute atomic E-state index is 0.0131. The molecule has 0 aliphatic carbocycles. The number of allylic oxidation sites excluding steroid dienone is 2. The number of anilines is 3. The maximum Gasteiger partial charge on any atom is 0.254 e. The van der Waals surface area contributed by atoms with E-state index in [-0.39, 0.29) is 5.91 Å². The molecule has 0 bridgehead atoms. The Labute approximate surface area is 213 Å². The van der Waals surface area contributed by atoms with Crippen LogP contribution in [-0.2, 0) is 0 Å². The van der Waals surface area contributed by atoms with Crippen LogP contribution in [0, 0.1) is 6.92 Å². The van der Waals surface area contributed by atoms with Gasteiger partial charge in [-0.3, -0.25) is 4.79 Å². The number of rotatable bonds is 6. The summed E-state index contributed by atoms with van der Waals surface area (Å²) >= 11 is 0. The van der Waals surface area contributed by atoms with E-state index in [9.17, 15) is 4.79 Å². The standard InChI is InChI=1S/C26H29N7O.C2H6/c1-4-7-22-23(8-5-2)29-18-30-24(22)31-21-10-6-9-20(15-21)25(34)32-11-13-33(14-12-32)26-27-16-19(3)17-28-26;1-2/h4-10,15-18H,11-14H2,1-3H3,(H,29,30,31);1-2H3/b7-4-,8-5-;. The average molecular weight is 486 g/mol. The van der Waals surface area contributed by atoms with Crippen molar-refractivity contribution in [2.24, 2.45) is 0 Å². The highest BCUT2D eigenvalue weighted by molar-refractivity contribution is 5.95. The Morgan fingerprint density at radius 2 is 1.64 bits per heavy atom. The van der Waals surface area contributed by atoms with Crippen molar-refractivity contribution in [2.75, 3.05) is 36.4 Å². The maximum absolute atomic E-state index is 13.2. The molecule has 1 amide bonds. The number of hydrogen-bond donors (Lipinski definition) is 1. The average Bonchev–Trinajstić information content (AvgIpc) is 2.92. The van der Waals surface area contributed by atoms with Crippen LogP contribution in [0.1, 0.15) is 54.9 Å². The minimum atomic E-state index is 0.0131. The molecule has 3 heterocycles. The van der Waals surface area contributed by atoms with Gasteiger partial charge in [0.25, 0.3) is 5.91 Å². The zero-order valence-electron chi connectivity index (χ0n) is 21.8. The minimum Gasteiger partial charge on any atom is -0.340 e. The number of carbonyl (C=O) groups excluding carboxylic acids is 1. The molecule has 1 saturated heterocycles. The Morgan fingerprint density at radius 3 is 2.31 bits per heavy atom. The van der Waals surface area contributed by atoms with E-state index in [2.05, 4.69) is 30.2 Å². The van der Waals surface area contributed by atoms with Crippen LogP contribution in [0.25, 0.3) is 12.2 Å². The first-order chi connectivity index (χ1) is 17.6. The van der Waals surface area contributed by atoms with Crippen molar-refractivity contribution in [3.8, 4) is 0 Å². The molecule has 1 aliphatic rings. The lowest BCUT2D eigenvalue weighted by atomic mass is 10.1. The van der Waals surface area contributed by atoms with Crippen LogP contribution in [0.3, 0.4) is 0 Å². The van der Waals surface area contributed by atoms with Gasteiger partial charge in [-0.2, -0.15) is 0 Å². The summed E-state index contributed by atoms with van der Waals surface area (Å²) < 4.78 is 0. The van der Waals surface area contributed by atoms with Gasteiger partial charge in [-0.1, -0.05) is 38.1 Å². The Balaban J connectivity index is 0.00000176. The summed E-state index contributed by atoms with van der Waals surface area (Å²) in [5, 5.41) is 3.36. The van der Waals surface area contributed by atoms with E-state index in [4.69, 9.17) is 0 Å². The quantitative estimate of drug-likeness (QED) is 0.502. The van der Waals surface area contributed by atoms with Crippen molar-refractivity contribution >= 4 is 35.5 Å². The summed E-state index contributed by atoms with van der Waals surface area (Å²) in [5.41, 5.74) is 4.20. The number of nitrogens with one attached hydrogen (secondary N) is 1. The normalized spacial score (nSPS) is 13.6. The molecule has 8 nitrogen and oxygen atoms in total. The molecule has 1 aromatic carbocycles. The number of nitrogens with zero attached hydrogens (tertiary/aromatic N) is 6. The van der Waals surface area contributed by atoms with Gasteiger partial charge >= 0.3 is 0 Å². The van der Waals surface area contributed by atoms with E-state index in [0.717, 1.165) is 22.5 Å². The Bertz CT molecular complexity index is 1200. The molecule has 36 heavy (non-hydrogen) atoms. The van der Waals surface area contributed by atoms with Crippen LogP contribution < -0.4 is 10.2 Å². The number of aromatic nitrogens is 4. The second-order valence-corrected chi connectivity index (χ2v) is 8.07. The highest BCUT2D eigenvalue weighted by Crippen LogP contribution is 2.24. The van der Waals surface area contributed by atoms with Crippen molar-refractivity contribution in [3.63, 3.8) is 0 Å². The first-order valence-corrected chi connectivity index (χ1v) is 12.4. The topological polar surface area (TPSA) is 87.1 Å². The fraction of sp³-hybridized carbons (Fsp3) is 0.321. The number of aryl methyl sites for hydroxylation is 1. The molecule has 1 N–H and O–H groups in total. The van der Waals surface area contributed by atoms with Crippen molar-refractivity contribution < 1.29 is 4.79 Å². The molecule has 2 aromatic heterocycles. The molecule has 1 fully saturated rings. The van der Waals surface area contributed by atoms with E-state index in [1.165, 1.54) is 6.33 Å². The van der Waals surface area contributed by atoms with Crippen molar-refractivity contribution in [2.45, 2.75) is 34.6 Å². The van der Waals surface area contributed by atoms with Gasteiger partial charge in [-0.05, 0) is 50.6 Å². The van der Waals surface area contributed by atoms with Crippen LogP contribution in [0.4, 0.5) is 17.5 Å². The summed E-state index contributed by atoms with van der Waals surface area (Å²) in [6.45, 7) is 12.5. The Kier molecular flexibility index (Phi) is 9.68. The largest absolute Gasteiger partial charge is 0.340 e. The SMILES string of the molecule is C/C=C\c1ncnc(Nc2cccc(C(=O)N3CCN(c4ncc(C)cn4)CC3)c2)c1/C=C\C.CC. The summed E-state index contributed by atoms with van der Waals surface area (Å²) in [7, 11) is 0. The predicted octanol–water partition coefficient (Wildman–Crippen LogP) is 5.37. The summed E-state index contributed by atoms with van der Waals surface area (Å²) in [6, 6.07) is 7.53. The fourth-order valence-corrected chi connectivity index (χ4v) is 3.84. The molecule has 1 aliphatic heterocycles. The molecule has 0 unspecified atom stereocenters. The third-order valence-electron chi connectivity index (χ3n) is 5.56. The highest BCUT2D eigenvalue weighted by atomic mass is 16.2. The maximum atomic E-state index is 13.2. The van der Waals surface area contributed by atoms with Gasteiger partial charge in [-0.25, -0.2) is 19.9 Å². The van der Waals surface area contributed by atoms with E-state index in [0.29, 0.717) is 43.5 Å². The first kappa shape index (κ1) is 26.5. The molecule has 0 spiro atoms. The zero-order valence-corrected chi connectivity index (χ0v) is 21.8. The lowest BCUT2D eigenvalue weighted by Gasteiger charge is -2.34. The Hall–Kier alpha value is -4.07. The van der Waals surface area contributed by atoms with Gasteiger partial charge in [0.2, 0.25) is 5.95 Å². The van der Waals surface area contributed by atoms with Crippen LogP contribution in [0.5, 0.6) is 0 Å². The number of carbonyl (C=O) groups is 1. The molecular formula is C28H35N7O. The van der Waals surface area contributed by atoms with Gasteiger partial charge in [-0.15, -0.1) is 0 Å². The predicted molar refractivity (Wildman–Crippen MR) is 147 cm³/mol. The smallest absolute Gasteiger partial charge is 0.254 e. The fourth-order valence-electron chi connectivity index (χ4n) is 3.84. The lowest BCUT2D eigenvalue weighted by molar-refractivity contribution is 0.0746. The number of hydrogen-bond acceptors (Lipinski definition) is 7. The third kappa shape index (κ3) is 6.53. The first-order valence-electron chi connectivity index (χ1n) is 12.4. The van der Waals surface area contributed by atoms with E-state index in [1.807, 2.05) is 100 Å². The number of amides is 1. The molecule has 0 saturated carbocycles. The molecule has 0 radical (unpaired) electrons. The molecule has 0 atom stereocenters. The molecular weight excluding hydrogens is 450 g/mol. The third-order valence-corrected chi connectivity index (χ3v) is 5.56. The van der Waals surface area contributed by atoms with Crippen LogP contribution in [0.15, 0.2) is 55.1 Å². The monoisotopic (exact) mass is 485 g/mol. The van der Waals surface area contributed by atoms with Gasteiger partial charge < -0.3 is 15.1 Å². The van der Waals surface area contributed by atoms with E-state index < -0.39 is 0 Å². The van der Waals surface area contributed by atoms with E-state index >= 15 is 0 Å². The zero-order chi connectivity index (χ0) is 25.9. The van der Waals surface area contributed by atoms with E-state index in [1.54, 1.807) is 0 Å².